The zero-order valence-electron chi connectivity index (χ0n) is 9.96. The van der Waals surface area contributed by atoms with Crippen molar-refractivity contribution in [2.75, 3.05) is 0 Å². The normalized spacial score (nSPS) is 27.3. The third-order valence-electron chi connectivity index (χ3n) is 3.66. The molecule has 0 aromatic heterocycles. The summed E-state index contributed by atoms with van der Waals surface area (Å²) in [6.07, 6.45) is 1.14. The summed E-state index contributed by atoms with van der Waals surface area (Å²) in [4.78, 5) is 0. The van der Waals surface area contributed by atoms with E-state index in [1.165, 1.54) is 0 Å². The number of nitrogens with two attached hydrogens (primary N) is 1. The maximum absolute atomic E-state index is 5.97. The number of hydrogen-bond donors (Lipinski definition) is 1. The van der Waals surface area contributed by atoms with E-state index in [9.17, 15) is 0 Å². The van der Waals surface area contributed by atoms with E-state index >= 15 is 0 Å². The van der Waals surface area contributed by atoms with Crippen molar-refractivity contribution in [1.29, 1.82) is 0 Å². The van der Waals surface area contributed by atoms with Crippen LogP contribution in [0.3, 0.4) is 0 Å². The highest BCUT2D eigenvalue weighted by Crippen LogP contribution is 2.41. The Morgan fingerprint density at radius 1 is 1.44 bits per heavy atom. The van der Waals surface area contributed by atoms with Crippen LogP contribution in [0.4, 0.5) is 0 Å². The third kappa shape index (κ3) is 1.92. The fraction of sp³-hybridized carbons (Fsp3) is 0.538. The van der Waals surface area contributed by atoms with Gasteiger partial charge in [0.1, 0.15) is 11.9 Å². The monoisotopic (exact) mass is 239 g/mol. The van der Waals surface area contributed by atoms with Crippen LogP contribution < -0.4 is 10.5 Å². The molecule has 16 heavy (non-hydrogen) atoms. The number of benzene rings is 1. The summed E-state index contributed by atoms with van der Waals surface area (Å²) in [5.74, 6) is 0.881. The lowest BCUT2D eigenvalue weighted by Gasteiger charge is -2.49. The third-order valence-corrected chi connectivity index (χ3v) is 4.09. The lowest BCUT2D eigenvalue weighted by molar-refractivity contribution is -0.0400. The zero-order chi connectivity index (χ0) is 11.9. The van der Waals surface area contributed by atoms with Crippen molar-refractivity contribution in [2.24, 2.45) is 11.1 Å². The minimum absolute atomic E-state index is 0.0630. The lowest BCUT2D eigenvalue weighted by atomic mass is 9.65. The first-order valence-corrected chi connectivity index (χ1v) is 5.97. The van der Waals surface area contributed by atoms with E-state index < -0.39 is 0 Å². The Kier molecular flexibility index (Phi) is 2.89. The second-order valence-corrected chi connectivity index (χ2v) is 5.59. The number of hydrogen-bond acceptors (Lipinski definition) is 2. The van der Waals surface area contributed by atoms with Gasteiger partial charge in [0.25, 0.3) is 0 Å². The Labute approximate surface area is 102 Å². The summed E-state index contributed by atoms with van der Waals surface area (Å²) in [6, 6.07) is 6.00. The van der Waals surface area contributed by atoms with Gasteiger partial charge in [-0.05, 0) is 30.7 Å². The molecule has 1 aromatic carbocycles. The molecular weight excluding hydrogens is 222 g/mol. The highest BCUT2D eigenvalue weighted by molar-refractivity contribution is 6.31. The number of aryl methyl sites for hydroxylation is 1. The van der Waals surface area contributed by atoms with Gasteiger partial charge < -0.3 is 10.5 Å². The first-order valence-electron chi connectivity index (χ1n) is 5.59. The molecule has 1 aromatic rings. The summed E-state index contributed by atoms with van der Waals surface area (Å²) in [5.41, 5.74) is 7.06. The van der Waals surface area contributed by atoms with Crippen LogP contribution in [0.25, 0.3) is 0 Å². The lowest BCUT2D eigenvalue weighted by Crippen LogP contribution is -2.60. The quantitative estimate of drug-likeness (QED) is 0.861. The maximum Gasteiger partial charge on any atom is 0.120 e. The van der Waals surface area contributed by atoms with Gasteiger partial charge in [0.05, 0.1) is 0 Å². The van der Waals surface area contributed by atoms with E-state index in [1.54, 1.807) is 0 Å². The fourth-order valence-electron chi connectivity index (χ4n) is 1.97. The Balaban J connectivity index is 2.08. The van der Waals surface area contributed by atoms with E-state index in [0.717, 1.165) is 22.8 Å². The molecule has 0 saturated heterocycles. The summed E-state index contributed by atoms with van der Waals surface area (Å²) in [6.45, 7) is 6.27. The molecule has 88 valence electrons. The number of halogens is 1. The Bertz CT molecular complexity index is 403. The molecule has 1 aliphatic carbocycles. The van der Waals surface area contributed by atoms with Gasteiger partial charge in [-0.2, -0.15) is 0 Å². The first-order chi connectivity index (χ1) is 7.41. The van der Waals surface area contributed by atoms with Gasteiger partial charge >= 0.3 is 0 Å². The highest BCUT2D eigenvalue weighted by Gasteiger charge is 2.47. The van der Waals surface area contributed by atoms with Crippen molar-refractivity contribution in [2.45, 2.75) is 39.3 Å². The predicted molar refractivity (Wildman–Crippen MR) is 67.0 cm³/mol. The van der Waals surface area contributed by atoms with Gasteiger partial charge in [-0.15, -0.1) is 0 Å². The molecule has 0 radical (unpaired) electrons. The average Bonchev–Trinajstić information content (AvgIpc) is 2.23. The zero-order valence-corrected chi connectivity index (χ0v) is 10.7. The van der Waals surface area contributed by atoms with Crippen molar-refractivity contribution in [3.8, 4) is 5.75 Å². The second-order valence-electron chi connectivity index (χ2n) is 5.18. The van der Waals surface area contributed by atoms with Crippen LogP contribution in [-0.4, -0.2) is 12.1 Å². The molecule has 1 saturated carbocycles. The van der Waals surface area contributed by atoms with E-state index in [-0.39, 0.29) is 17.6 Å². The molecule has 0 aliphatic heterocycles. The van der Waals surface area contributed by atoms with Crippen LogP contribution in [0.15, 0.2) is 18.2 Å². The van der Waals surface area contributed by atoms with Crippen LogP contribution in [0.2, 0.25) is 5.02 Å². The maximum atomic E-state index is 5.97. The van der Waals surface area contributed by atoms with Crippen molar-refractivity contribution >= 4 is 11.6 Å². The van der Waals surface area contributed by atoms with Crippen molar-refractivity contribution < 1.29 is 4.74 Å². The standard InChI is InChI=1S/C13H18ClNO/c1-8-6-9(4-5-10(8)14)16-12-7-11(15)13(12,2)3/h4-6,11-12H,7,15H2,1-3H3. The van der Waals surface area contributed by atoms with Crippen molar-refractivity contribution in [3.05, 3.63) is 28.8 Å². The molecule has 1 fully saturated rings. The molecule has 2 rings (SSSR count). The summed E-state index contributed by atoms with van der Waals surface area (Å²) in [5, 5.41) is 0.775. The summed E-state index contributed by atoms with van der Waals surface area (Å²) in [7, 11) is 0. The predicted octanol–water partition coefficient (Wildman–Crippen LogP) is 3.15. The molecule has 2 nitrogen and oxygen atoms in total. The minimum atomic E-state index is 0.0630. The molecule has 0 spiro atoms. The Hall–Kier alpha value is -0.730. The summed E-state index contributed by atoms with van der Waals surface area (Å²) < 4.78 is 5.93. The van der Waals surface area contributed by atoms with Crippen LogP contribution in [0, 0.1) is 12.3 Å². The molecule has 2 atom stereocenters. The largest absolute Gasteiger partial charge is 0.490 e. The molecule has 0 heterocycles. The number of rotatable bonds is 2. The SMILES string of the molecule is Cc1cc(OC2CC(N)C2(C)C)ccc1Cl. The molecule has 2 N–H and O–H groups in total. The Morgan fingerprint density at radius 2 is 2.12 bits per heavy atom. The molecular formula is C13H18ClNO. The second kappa shape index (κ2) is 3.94. The van der Waals surface area contributed by atoms with Gasteiger partial charge in [-0.1, -0.05) is 25.4 Å². The van der Waals surface area contributed by atoms with Crippen LogP contribution in [0.1, 0.15) is 25.8 Å². The first kappa shape index (κ1) is 11.7. The van der Waals surface area contributed by atoms with Gasteiger partial charge in [-0.3, -0.25) is 0 Å². The molecule has 3 heteroatoms. The molecule has 2 unspecified atom stereocenters. The minimum Gasteiger partial charge on any atom is -0.490 e. The van der Waals surface area contributed by atoms with E-state index in [2.05, 4.69) is 13.8 Å². The van der Waals surface area contributed by atoms with E-state index in [1.807, 2.05) is 25.1 Å². The van der Waals surface area contributed by atoms with Crippen LogP contribution in [0.5, 0.6) is 5.75 Å². The smallest absolute Gasteiger partial charge is 0.120 e. The van der Waals surface area contributed by atoms with Gasteiger partial charge in [0, 0.05) is 22.9 Å². The van der Waals surface area contributed by atoms with Crippen molar-refractivity contribution in [3.63, 3.8) is 0 Å². The highest BCUT2D eigenvalue weighted by atomic mass is 35.5. The van der Waals surface area contributed by atoms with E-state index in [0.29, 0.717) is 0 Å². The average molecular weight is 240 g/mol. The van der Waals surface area contributed by atoms with Crippen LogP contribution >= 0.6 is 11.6 Å². The van der Waals surface area contributed by atoms with Gasteiger partial charge in [0.15, 0.2) is 0 Å². The van der Waals surface area contributed by atoms with Gasteiger partial charge in [-0.25, -0.2) is 0 Å². The topological polar surface area (TPSA) is 35.2 Å². The van der Waals surface area contributed by atoms with Crippen molar-refractivity contribution in [1.82, 2.24) is 0 Å². The molecule has 1 aliphatic rings. The van der Waals surface area contributed by atoms with E-state index in [4.69, 9.17) is 22.1 Å². The fourth-order valence-corrected chi connectivity index (χ4v) is 2.09. The van der Waals surface area contributed by atoms with Gasteiger partial charge in [0.2, 0.25) is 0 Å². The Morgan fingerprint density at radius 3 is 2.62 bits per heavy atom. The van der Waals surface area contributed by atoms with Crippen LogP contribution in [-0.2, 0) is 0 Å². The molecule has 0 bridgehead atoms. The summed E-state index contributed by atoms with van der Waals surface area (Å²) >= 11 is 5.97. The number of ether oxygens (including phenoxy) is 1. The molecule has 0 amide bonds.